The monoisotopic (exact) mass is 494 g/mol. The summed E-state index contributed by atoms with van der Waals surface area (Å²) in [6, 6.07) is 4.76. The molecule has 180 valence electrons. The number of anilines is 1. The molecule has 1 aromatic carbocycles. The van der Waals surface area contributed by atoms with E-state index in [0.717, 1.165) is 25.3 Å². The minimum Gasteiger partial charge on any atom is -0.381 e. The van der Waals surface area contributed by atoms with Gasteiger partial charge in [0.2, 0.25) is 10.0 Å². The first-order chi connectivity index (χ1) is 15.9. The molecular formula is C21H21F3N6O3S. The number of hydrogen-bond acceptors (Lipinski definition) is 6. The van der Waals surface area contributed by atoms with E-state index in [1.165, 1.54) is 10.6 Å². The summed E-state index contributed by atoms with van der Waals surface area (Å²) in [6.45, 7) is 0.415. The molecule has 0 saturated heterocycles. The molecule has 13 heteroatoms. The quantitative estimate of drug-likeness (QED) is 0.542. The molecule has 1 fully saturated rings. The van der Waals surface area contributed by atoms with E-state index in [-0.39, 0.29) is 42.4 Å². The second-order valence-corrected chi connectivity index (χ2v) is 10.5. The van der Waals surface area contributed by atoms with E-state index in [0.29, 0.717) is 22.4 Å². The van der Waals surface area contributed by atoms with Crippen molar-refractivity contribution in [3.8, 4) is 11.3 Å². The highest BCUT2D eigenvalue weighted by Crippen LogP contribution is 2.39. The Balaban J connectivity index is 1.49. The SMILES string of the molecule is CS(=O)(=O)NCC(C1CC1)N1Cc2cc(-c3cnc4c(N)nc(C(F)(F)F)cn34)ccc2C1=O. The number of nitrogens with one attached hydrogen (secondary N) is 1. The van der Waals surface area contributed by atoms with Crippen LogP contribution in [-0.2, 0) is 22.7 Å². The molecule has 1 aliphatic heterocycles. The molecule has 34 heavy (non-hydrogen) atoms. The summed E-state index contributed by atoms with van der Waals surface area (Å²) in [5, 5.41) is 0. The van der Waals surface area contributed by atoms with Crippen molar-refractivity contribution in [1.82, 2.24) is 24.0 Å². The van der Waals surface area contributed by atoms with Crippen LogP contribution in [0.25, 0.3) is 16.9 Å². The van der Waals surface area contributed by atoms with E-state index < -0.39 is 21.9 Å². The van der Waals surface area contributed by atoms with Crippen LogP contribution < -0.4 is 10.5 Å². The van der Waals surface area contributed by atoms with Crippen LogP contribution in [0, 0.1) is 5.92 Å². The van der Waals surface area contributed by atoms with Gasteiger partial charge in [0, 0.05) is 36.5 Å². The molecule has 1 unspecified atom stereocenters. The first-order valence-corrected chi connectivity index (χ1v) is 12.4. The summed E-state index contributed by atoms with van der Waals surface area (Å²) in [5.41, 5.74) is 6.81. The lowest BCUT2D eigenvalue weighted by Crippen LogP contribution is -2.45. The van der Waals surface area contributed by atoms with E-state index in [9.17, 15) is 26.4 Å². The third-order valence-electron chi connectivity index (χ3n) is 6.16. The predicted molar refractivity (Wildman–Crippen MR) is 117 cm³/mol. The Morgan fingerprint density at radius 1 is 1.29 bits per heavy atom. The summed E-state index contributed by atoms with van der Waals surface area (Å²) in [5.74, 6) is -0.309. The van der Waals surface area contributed by atoms with E-state index in [1.54, 1.807) is 23.1 Å². The molecule has 1 saturated carbocycles. The highest BCUT2D eigenvalue weighted by atomic mass is 32.2. The molecule has 3 N–H and O–H groups in total. The molecule has 9 nitrogen and oxygen atoms in total. The molecule has 2 aliphatic rings. The maximum absolute atomic E-state index is 13.2. The van der Waals surface area contributed by atoms with Crippen molar-refractivity contribution < 1.29 is 26.4 Å². The predicted octanol–water partition coefficient (Wildman–Crippen LogP) is 2.28. The van der Waals surface area contributed by atoms with E-state index in [2.05, 4.69) is 14.7 Å². The van der Waals surface area contributed by atoms with E-state index in [4.69, 9.17) is 5.73 Å². The zero-order valence-corrected chi connectivity index (χ0v) is 18.8. The summed E-state index contributed by atoms with van der Waals surface area (Å²) < 4.78 is 66.6. The Kier molecular flexibility index (Phi) is 5.09. The number of nitrogens with zero attached hydrogens (tertiary/aromatic N) is 4. The number of rotatable bonds is 6. The Hall–Kier alpha value is -3.19. The van der Waals surface area contributed by atoms with Gasteiger partial charge in [0.15, 0.2) is 17.2 Å². The zero-order valence-electron chi connectivity index (χ0n) is 18.0. The normalized spacial score (nSPS) is 17.4. The zero-order chi connectivity index (χ0) is 24.4. The van der Waals surface area contributed by atoms with Crippen LogP contribution in [0.15, 0.2) is 30.6 Å². The maximum Gasteiger partial charge on any atom is 0.434 e. The van der Waals surface area contributed by atoms with E-state index >= 15 is 0 Å². The number of aromatic nitrogens is 3. The Morgan fingerprint density at radius 2 is 2.03 bits per heavy atom. The van der Waals surface area contributed by atoms with Crippen molar-refractivity contribution in [3.63, 3.8) is 0 Å². The average molecular weight is 494 g/mol. The minimum absolute atomic E-state index is 0.0989. The molecular weight excluding hydrogens is 473 g/mol. The third-order valence-corrected chi connectivity index (χ3v) is 6.85. The molecule has 0 radical (unpaired) electrons. The van der Waals surface area contributed by atoms with Crippen molar-refractivity contribution in [2.75, 3.05) is 18.5 Å². The summed E-state index contributed by atoms with van der Waals surface area (Å²) in [4.78, 5) is 22.3. The van der Waals surface area contributed by atoms with Gasteiger partial charge in [-0.25, -0.2) is 23.1 Å². The lowest BCUT2D eigenvalue weighted by molar-refractivity contribution is -0.141. The first kappa shape index (κ1) is 22.6. The molecule has 3 aromatic rings. The number of nitrogen functional groups attached to an aromatic ring is 1. The van der Waals surface area contributed by atoms with Gasteiger partial charge in [-0.2, -0.15) is 13.2 Å². The molecule has 1 amide bonds. The fourth-order valence-corrected chi connectivity index (χ4v) is 4.86. The van der Waals surface area contributed by atoms with Crippen LogP contribution in [0.1, 0.15) is 34.5 Å². The van der Waals surface area contributed by atoms with Crippen molar-refractivity contribution in [3.05, 3.63) is 47.4 Å². The number of sulfonamides is 1. The average Bonchev–Trinajstić information content (AvgIpc) is 3.40. The van der Waals surface area contributed by atoms with Gasteiger partial charge in [0.1, 0.15) is 0 Å². The number of amides is 1. The maximum atomic E-state index is 13.2. The number of hydrogen-bond donors (Lipinski definition) is 2. The van der Waals surface area contributed by atoms with Crippen LogP contribution in [0.4, 0.5) is 19.0 Å². The lowest BCUT2D eigenvalue weighted by Gasteiger charge is -2.27. The fourth-order valence-electron chi connectivity index (χ4n) is 4.38. The van der Waals surface area contributed by atoms with Crippen LogP contribution in [0.2, 0.25) is 0 Å². The third kappa shape index (κ3) is 4.09. The van der Waals surface area contributed by atoms with Gasteiger partial charge in [0.25, 0.3) is 5.91 Å². The van der Waals surface area contributed by atoms with Gasteiger partial charge in [-0.15, -0.1) is 0 Å². The molecule has 1 atom stereocenters. The van der Waals surface area contributed by atoms with Gasteiger partial charge >= 0.3 is 6.18 Å². The highest BCUT2D eigenvalue weighted by Gasteiger charge is 2.41. The van der Waals surface area contributed by atoms with Crippen LogP contribution in [0.5, 0.6) is 0 Å². The summed E-state index contributed by atoms with van der Waals surface area (Å²) >= 11 is 0. The Bertz CT molecular complexity index is 1420. The number of carbonyl (C=O) groups is 1. The van der Waals surface area contributed by atoms with Crippen LogP contribution in [-0.4, -0.2) is 52.4 Å². The number of fused-ring (bicyclic) bond motifs is 2. The van der Waals surface area contributed by atoms with Crippen LogP contribution >= 0.6 is 0 Å². The first-order valence-electron chi connectivity index (χ1n) is 10.5. The number of carbonyl (C=O) groups excluding carboxylic acids is 1. The molecule has 0 spiro atoms. The number of imidazole rings is 1. The smallest absolute Gasteiger partial charge is 0.381 e. The Morgan fingerprint density at radius 3 is 2.68 bits per heavy atom. The highest BCUT2D eigenvalue weighted by molar-refractivity contribution is 7.88. The van der Waals surface area contributed by atoms with Gasteiger partial charge in [-0.3, -0.25) is 9.20 Å². The van der Waals surface area contributed by atoms with Gasteiger partial charge in [-0.05, 0) is 36.5 Å². The topological polar surface area (TPSA) is 123 Å². The van der Waals surface area contributed by atoms with Gasteiger partial charge in [0.05, 0.1) is 18.1 Å². The Labute approximate surface area is 192 Å². The summed E-state index contributed by atoms with van der Waals surface area (Å²) in [7, 11) is -3.41. The molecule has 0 bridgehead atoms. The van der Waals surface area contributed by atoms with Crippen molar-refractivity contribution >= 4 is 27.4 Å². The number of halogens is 3. The second-order valence-electron chi connectivity index (χ2n) is 8.68. The molecule has 5 rings (SSSR count). The number of benzene rings is 1. The van der Waals surface area contributed by atoms with Crippen molar-refractivity contribution in [2.45, 2.75) is 31.6 Å². The standard InChI is InChI=1S/C21H21F3N6O3S/c1-34(32,33)27-8-16(11-2-3-11)30-9-13-6-12(4-5-14(13)20(30)31)15-7-26-19-18(25)28-17(10-29(15)19)21(22,23)24/h4-7,10-11,16,27H,2-3,8-9H2,1H3,(H2,25,28). The summed E-state index contributed by atoms with van der Waals surface area (Å²) in [6.07, 6.45) is 0.491. The minimum atomic E-state index is -4.67. The number of alkyl halides is 3. The van der Waals surface area contributed by atoms with E-state index in [1.807, 2.05) is 0 Å². The number of nitrogens with two attached hydrogens (primary N) is 1. The molecule has 1 aliphatic carbocycles. The van der Waals surface area contributed by atoms with Crippen molar-refractivity contribution in [1.29, 1.82) is 0 Å². The van der Waals surface area contributed by atoms with Crippen molar-refractivity contribution in [2.24, 2.45) is 5.92 Å². The lowest BCUT2D eigenvalue weighted by atomic mass is 10.0. The van der Waals surface area contributed by atoms with Gasteiger partial charge in [-0.1, -0.05) is 6.07 Å². The fraction of sp³-hybridized carbons (Fsp3) is 0.381. The molecule has 2 aromatic heterocycles. The van der Waals surface area contributed by atoms with Gasteiger partial charge < -0.3 is 10.6 Å². The van der Waals surface area contributed by atoms with Crippen LogP contribution in [0.3, 0.4) is 0 Å². The largest absolute Gasteiger partial charge is 0.434 e. The second kappa shape index (κ2) is 7.67. The molecule has 3 heterocycles.